The van der Waals surface area contributed by atoms with Crippen LogP contribution in [0.4, 0.5) is 5.69 Å². The van der Waals surface area contributed by atoms with E-state index in [0.29, 0.717) is 44.3 Å². The van der Waals surface area contributed by atoms with E-state index >= 15 is 0 Å². The molecule has 0 unspecified atom stereocenters. The van der Waals surface area contributed by atoms with Crippen molar-refractivity contribution in [2.45, 2.75) is 13.1 Å². The number of hydrogen-bond acceptors (Lipinski definition) is 4. The Kier molecular flexibility index (Phi) is 6.32. The standard InChI is InChI=1S/C20H23ClN4O2/c21-17-5-2-6-18(12-17)24-7-9-25(10-8-24)20(27)19(26)23-14-16-4-1-3-15(11-16)13-22/h1-6,11-12H,7-10,13-14,22H2,(H,23,26). The number of carbonyl (C=O) groups excluding carboxylic acids is 2. The highest BCUT2D eigenvalue weighted by Crippen LogP contribution is 2.20. The summed E-state index contributed by atoms with van der Waals surface area (Å²) in [5.41, 5.74) is 8.56. The van der Waals surface area contributed by atoms with Gasteiger partial charge in [-0.25, -0.2) is 0 Å². The van der Waals surface area contributed by atoms with E-state index in [2.05, 4.69) is 10.2 Å². The molecular formula is C20H23ClN4O2. The van der Waals surface area contributed by atoms with Crippen LogP contribution in [0, 0.1) is 0 Å². The van der Waals surface area contributed by atoms with Gasteiger partial charge in [0.2, 0.25) is 0 Å². The van der Waals surface area contributed by atoms with Gasteiger partial charge < -0.3 is 20.9 Å². The molecule has 3 rings (SSSR count). The number of anilines is 1. The summed E-state index contributed by atoms with van der Waals surface area (Å²) in [5, 5.41) is 3.38. The van der Waals surface area contributed by atoms with E-state index in [1.54, 1.807) is 4.90 Å². The van der Waals surface area contributed by atoms with Crippen molar-refractivity contribution >= 4 is 29.1 Å². The Morgan fingerprint density at radius 3 is 2.41 bits per heavy atom. The number of rotatable bonds is 4. The highest BCUT2D eigenvalue weighted by atomic mass is 35.5. The van der Waals surface area contributed by atoms with Gasteiger partial charge in [-0.05, 0) is 29.3 Å². The predicted octanol–water partition coefficient (Wildman–Crippen LogP) is 1.76. The van der Waals surface area contributed by atoms with E-state index in [4.69, 9.17) is 17.3 Å². The minimum Gasteiger partial charge on any atom is -0.368 e. The zero-order chi connectivity index (χ0) is 19.2. The van der Waals surface area contributed by atoms with Crippen LogP contribution in [0.5, 0.6) is 0 Å². The lowest BCUT2D eigenvalue weighted by molar-refractivity contribution is -0.146. The van der Waals surface area contributed by atoms with Crippen LogP contribution in [0.1, 0.15) is 11.1 Å². The second-order valence-electron chi connectivity index (χ2n) is 6.47. The second kappa shape index (κ2) is 8.88. The first-order valence-corrected chi connectivity index (χ1v) is 9.30. The molecule has 2 amide bonds. The Bertz CT molecular complexity index is 819. The third kappa shape index (κ3) is 4.99. The maximum absolute atomic E-state index is 12.4. The van der Waals surface area contributed by atoms with Gasteiger partial charge in [0, 0.05) is 50.0 Å². The third-order valence-corrected chi connectivity index (χ3v) is 4.85. The maximum atomic E-state index is 12.4. The number of nitrogens with one attached hydrogen (secondary N) is 1. The fourth-order valence-corrected chi connectivity index (χ4v) is 3.29. The summed E-state index contributed by atoms with van der Waals surface area (Å²) >= 11 is 6.04. The number of halogens is 1. The van der Waals surface area contributed by atoms with Crippen LogP contribution in [-0.4, -0.2) is 42.9 Å². The first-order valence-electron chi connectivity index (χ1n) is 8.92. The van der Waals surface area contributed by atoms with Gasteiger partial charge >= 0.3 is 11.8 Å². The first kappa shape index (κ1) is 19.2. The minimum atomic E-state index is -0.579. The molecule has 2 aromatic carbocycles. The molecule has 1 fully saturated rings. The molecule has 6 nitrogen and oxygen atoms in total. The van der Waals surface area contributed by atoms with Gasteiger partial charge in [-0.3, -0.25) is 9.59 Å². The van der Waals surface area contributed by atoms with Crippen LogP contribution in [0.3, 0.4) is 0 Å². The van der Waals surface area contributed by atoms with Crippen molar-refractivity contribution < 1.29 is 9.59 Å². The fourth-order valence-electron chi connectivity index (χ4n) is 3.11. The number of amides is 2. The molecule has 2 aromatic rings. The van der Waals surface area contributed by atoms with Crippen LogP contribution in [-0.2, 0) is 22.7 Å². The first-order chi connectivity index (χ1) is 13.1. The SMILES string of the molecule is NCc1cccc(CNC(=O)C(=O)N2CCN(c3cccc(Cl)c3)CC2)c1. The van der Waals surface area contributed by atoms with E-state index in [-0.39, 0.29) is 0 Å². The Hall–Kier alpha value is -2.57. The highest BCUT2D eigenvalue weighted by molar-refractivity contribution is 6.35. The van der Waals surface area contributed by atoms with Gasteiger partial charge in [-0.2, -0.15) is 0 Å². The molecule has 142 valence electrons. The lowest BCUT2D eigenvalue weighted by Gasteiger charge is -2.35. The van der Waals surface area contributed by atoms with Crippen LogP contribution < -0.4 is 16.0 Å². The molecule has 3 N–H and O–H groups in total. The van der Waals surface area contributed by atoms with Crippen molar-refractivity contribution in [1.82, 2.24) is 10.2 Å². The molecule has 1 heterocycles. The van der Waals surface area contributed by atoms with Crippen molar-refractivity contribution in [1.29, 1.82) is 0 Å². The van der Waals surface area contributed by atoms with Gasteiger partial charge in [0.15, 0.2) is 0 Å². The Balaban J connectivity index is 1.50. The van der Waals surface area contributed by atoms with Gasteiger partial charge in [-0.15, -0.1) is 0 Å². The molecule has 0 aliphatic carbocycles. The lowest BCUT2D eigenvalue weighted by atomic mass is 10.1. The highest BCUT2D eigenvalue weighted by Gasteiger charge is 2.26. The molecule has 1 aliphatic heterocycles. The molecule has 0 bridgehead atoms. The molecule has 1 aliphatic rings. The monoisotopic (exact) mass is 386 g/mol. The minimum absolute atomic E-state index is 0.306. The van der Waals surface area contributed by atoms with Crippen LogP contribution in [0.15, 0.2) is 48.5 Å². The van der Waals surface area contributed by atoms with Gasteiger partial charge in [0.05, 0.1) is 0 Å². The van der Waals surface area contributed by atoms with E-state index < -0.39 is 11.8 Å². The van der Waals surface area contributed by atoms with E-state index in [0.717, 1.165) is 16.8 Å². The Morgan fingerprint density at radius 1 is 1.00 bits per heavy atom. The smallest absolute Gasteiger partial charge is 0.312 e. The normalized spacial score (nSPS) is 14.1. The Labute approximate surface area is 163 Å². The number of nitrogens with zero attached hydrogens (tertiary/aromatic N) is 2. The number of benzene rings is 2. The quantitative estimate of drug-likeness (QED) is 0.785. The number of piperazine rings is 1. The topological polar surface area (TPSA) is 78.7 Å². The van der Waals surface area contributed by atoms with Crippen LogP contribution in [0.25, 0.3) is 0 Å². The molecule has 1 saturated heterocycles. The summed E-state index contributed by atoms with van der Waals surface area (Å²) in [5.74, 6) is -1.07. The number of hydrogen-bond donors (Lipinski definition) is 2. The average Bonchev–Trinajstić information content (AvgIpc) is 2.71. The van der Waals surface area contributed by atoms with E-state index in [1.165, 1.54) is 0 Å². The summed E-state index contributed by atoms with van der Waals surface area (Å²) in [6.45, 7) is 3.08. The van der Waals surface area contributed by atoms with Gasteiger partial charge in [0.25, 0.3) is 0 Å². The zero-order valence-electron chi connectivity index (χ0n) is 15.0. The zero-order valence-corrected chi connectivity index (χ0v) is 15.8. The summed E-state index contributed by atoms with van der Waals surface area (Å²) < 4.78 is 0. The summed E-state index contributed by atoms with van der Waals surface area (Å²) in [6.07, 6.45) is 0. The Morgan fingerprint density at radius 2 is 1.70 bits per heavy atom. The second-order valence-corrected chi connectivity index (χ2v) is 6.90. The summed E-state index contributed by atoms with van der Waals surface area (Å²) in [4.78, 5) is 28.4. The summed E-state index contributed by atoms with van der Waals surface area (Å²) in [6, 6.07) is 15.3. The molecule has 7 heteroatoms. The molecule has 0 radical (unpaired) electrons. The summed E-state index contributed by atoms with van der Waals surface area (Å²) in [7, 11) is 0. The largest absolute Gasteiger partial charge is 0.368 e. The van der Waals surface area contributed by atoms with E-state index in [1.807, 2.05) is 48.5 Å². The molecular weight excluding hydrogens is 364 g/mol. The van der Waals surface area contributed by atoms with Gasteiger partial charge in [-0.1, -0.05) is 41.9 Å². The average molecular weight is 387 g/mol. The van der Waals surface area contributed by atoms with Crippen molar-refractivity contribution in [2.24, 2.45) is 5.73 Å². The lowest BCUT2D eigenvalue weighted by Crippen LogP contribution is -2.52. The van der Waals surface area contributed by atoms with Crippen LogP contribution >= 0.6 is 11.6 Å². The molecule has 0 atom stereocenters. The van der Waals surface area contributed by atoms with Crippen molar-refractivity contribution in [3.8, 4) is 0 Å². The fraction of sp³-hybridized carbons (Fsp3) is 0.300. The maximum Gasteiger partial charge on any atom is 0.312 e. The predicted molar refractivity (Wildman–Crippen MR) is 106 cm³/mol. The molecule has 0 saturated carbocycles. The van der Waals surface area contributed by atoms with Crippen molar-refractivity contribution in [2.75, 3.05) is 31.1 Å². The van der Waals surface area contributed by atoms with Gasteiger partial charge in [0.1, 0.15) is 0 Å². The molecule has 0 spiro atoms. The number of nitrogens with two attached hydrogens (primary N) is 1. The van der Waals surface area contributed by atoms with Crippen LogP contribution in [0.2, 0.25) is 5.02 Å². The third-order valence-electron chi connectivity index (χ3n) is 4.61. The van der Waals surface area contributed by atoms with Crippen molar-refractivity contribution in [3.05, 3.63) is 64.7 Å². The number of carbonyl (C=O) groups is 2. The van der Waals surface area contributed by atoms with Crippen molar-refractivity contribution in [3.63, 3.8) is 0 Å². The molecule has 0 aromatic heterocycles. The van der Waals surface area contributed by atoms with E-state index in [9.17, 15) is 9.59 Å². The molecule has 27 heavy (non-hydrogen) atoms.